The molecule has 0 spiro atoms. The lowest BCUT2D eigenvalue weighted by molar-refractivity contribution is 0.336. The Kier molecular flexibility index (Phi) is 5.12. The van der Waals surface area contributed by atoms with Crippen LogP contribution in [0.25, 0.3) is 10.7 Å². The first-order valence-electron chi connectivity index (χ1n) is 7.81. The lowest BCUT2D eigenvalue weighted by atomic mass is 10.1. The van der Waals surface area contributed by atoms with Crippen molar-refractivity contribution < 1.29 is 17.7 Å². The van der Waals surface area contributed by atoms with E-state index in [2.05, 4.69) is 10.1 Å². The van der Waals surface area contributed by atoms with Gasteiger partial charge in [-0.2, -0.15) is 9.29 Å². The van der Waals surface area contributed by atoms with Crippen LogP contribution in [-0.4, -0.2) is 37.0 Å². The van der Waals surface area contributed by atoms with Crippen LogP contribution in [0.2, 0.25) is 0 Å². The summed E-state index contributed by atoms with van der Waals surface area (Å²) in [7, 11) is -0.659. The minimum Gasteiger partial charge on any atom is -0.496 e. The van der Waals surface area contributed by atoms with Crippen LogP contribution in [0, 0.1) is 13.8 Å². The van der Waals surface area contributed by atoms with E-state index < -0.39 is 10.0 Å². The number of hydrogen-bond donors (Lipinski definition) is 0. The molecule has 3 aromatic rings. The minimum absolute atomic E-state index is 0.00870. The van der Waals surface area contributed by atoms with Crippen molar-refractivity contribution in [3.05, 3.63) is 46.7 Å². The Morgan fingerprint density at radius 3 is 2.69 bits per heavy atom. The van der Waals surface area contributed by atoms with E-state index in [1.807, 2.05) is 24.4 Å². The van der Waals surface area contributed by atoms with E-state index in [1.54, 1.807) is 26.2 Å². The molecular weight excluding hydrogens is 374 g/mol. The van der Waals surface area contributed by atoms with Gasteiger partial charge in [0, 0.05) is 7.05 Å². The molecule has 2 aromatic heterocycles. The average molecular weight is 393 g/mol. The molecule has 0 bridgehead atoms. The Balaban J connectivity index is 1.85. The highest BCUT2D eigenvalue weighted by Gasteiger charge is 2.26. The Bertz CT molecular complexity index is 1010. The smallest absolute Gasteiger partial charge is 0.243 e. The van der Waals surface area contributed by atoms with E-state index >= 15 is 0 Å². The molecule has 0 saturated carbocycles. The van der Waals surface area contributed by atoms with Crippen LogP contribution in [-0.2, 0) is 16.6 Å². The van der Waals surface area contributed by atoms with Gasteiger partial charge in [-0.25, -0.2) is 8.42 Å². The van der Waals surface area contributed by atoms with Gasteiger partial charge in [-0.1, -0.05) is 11.2 Å². The number of aryl methyl sites for hydroxylation is 2. The van der Waals surface area contributed by atoms with Crippen LogP contribution in [0.15, 0.2) is 39.1 Å². The second kappa shape index (κ2) is 7.18. The van der Waals surface area contributed by atoms with E-state index in [1.165, 1.54) is 22.7 Å². The maximum atomic E-state index is 12.9. The number of thiophene rings is 1. The van der Waals surface area contributed by atoms with E-state index in [9.17, 15) is 8.42 Å². The molecule has 0 aliphatic carbocycles. The van der Waals surface area contributed by atoms with Crippen LogP contribution in [0.4, 0.5) is 0 Å². The number of nitrogens with zero attached hydrogens (tertiary/aromatic N) is 3. The molecule has 3 rings (SSSR count). The first kappa shape index (κ1) is 18.6. The number of ether oxygens (including phenoxy) is 1. The second-order valence-electron chi connectivity index (χ2n) is 5.84. The van der Waals surface area contributed by atoms with E-state index in [0.717, 1.165) is 10.4 Å². The highest BCUT2D eigenvalue weighted by atomic mass is 32.2. The van der Waals surface area contributed by atoms with Gasteiger partial charge in [-0.3, -0.25) is 0 Å². The molecule has 0 radical (unpaired) electrons. The SMILES string of the molecule is COc1cc(C)c(S(=O)(=O)N(C)Cc2nc(-c3cccs3)no2)cc1C. The summed E-state index contributed by atoms with van der Waals surface area (Å²) in [6.45, 7) is 3.54. The second-order valence-corrected chi connectivity index (χ2v) is 8.80. The van der Waals surface area contributed by atoms with Gasteiger partial charge in [-0.15, -0.1) is 11.3 Å². The van der Waals surface area contributed by atoms with Crippen molar-refractivity contribution >= 4 is 21.4 Å². The Labute approximate surface area is 156 Å². The summed E-state index contributed by atoms with van der Waals surface area (Å²) in [4.78, 5) is 5.37. The molecule has 0 aliphatic heterocycles. The molecule has 7 nitrogen and oxygen atoms in total. The first-order valence-corrected chi connectivity index (χ1v) is 10.1. The fourth-order valence-corrected chi connectivity index (χ4v) is 4.59. The number of hydrogen-bond acceptors (Lipinski definition) is 7. The van der Waals surface area contributed by atoms with Crippen molar-refractivity contribution in [2.75, 3.05) is 14.2 Å². The molecule has 0 aliphatic rings. The molecule has 0 N–H and O–H groups in total. The highest BCUT2D eigenvalue weighted by Crippen LogP contribution is 2.28. The van der Waals surface area contributed by atoms with Crippen LogP contribution in [0.1, 0.15) is 17.0 Å². The van der Waals surface area contributed by atoms with Gasteiger partial charge < -0.3 is 9.26 Å². The normalized spacial score (nSPS) is 11.9. The molecule has 2 heterocycles. The fourth-order valence-electron chi connectivity index (χ4n) is 2.53. The monoisotopic (exact) mass is 393 g/mol. The Hall–Kier alpha value is -2.23. The van der Waals surface area contributed by atoms with Crippen molar-refractivity contribution in [3.63, 3.8) is 0 Å². The Morgan fingerprint density at radius 2 is 2.04 bits per heavy atom. The van der Waals surface area contributed by atoms with E-state index in [0.29, 0.717) is 17.1 Å². The van der Waals surface area contributed by atoms with Crippen LogP contribution >= 0.6 is 11.3 Å². The molecule has 1 aromatic carbocycles. The summed E-state index contributed by atoms with van der Waals surface area (Å²) in [5.74, 6) is 1.35. The number of rotatable bonds is 6. The predicted molar refractivity (Wildman–Crippen MR) is 98.7 cm³/mol. The third kappa shape index (κ3) is 3.50. The lowest BCUT2D eigenvalue weighted by Gasteiger charge is -2.18. The molecule has 26 heavy (non-hydrogen) atoms. The molecule has 0 fully saturated rings. The number of methoxy groups -OCH3 is 1. The lowest BCUT2D eigenvalue weighted by Crippen LogP contribution is -2.27. The van der Waals surface area contributed by atoms with Crippen LogP contribution in [0.3, 0.4) is 0 Å². The van der Waals surface area contributed by atoms with Crippen molar-refractivity contribution in [3.8, 4) is 16.5 Å². The van der Waals surface area contributed by atoms with Crippen molar-refractivity contribution in [2.45, 2.75) is 25.3 Å². The third-order valence-electron chi connectivity index (χ3n) is 3.95. The van der Waals surface area contributed by atoms with E-state index in [4.69, 9.17) is 9.26 Å². The number of aromatic nitrogens is 2. The van der Waals surface area contributed by atoms with Crippen molar-refractivity contribution in [1.29, 1.82) is 0 Å². The third-order valence-corrected chi connectivity index (χ3v) is 6.76. The zero-order chi connectivity index (χ0) is 18.9. The van der Waals surface area contributed by atoms with Gasteiger partial charge in [-0.05, 0) is 48.6 Å². The molecule has 9 heteroatoms. The maximum absolute atomic E-state index is 12.9. The Morgan fingerprint density at radius 1 is 1.27 bits per heavy atom. The van der Waals surface area contributed by atoms with Gasteiger partial charge in [0.25, 0.3) is 0 Å². The largest absolute Gasteiger partial charge is 0.496 e. The minimum atomic E-state index is -3.71. The standard InChI is InChI=1S/C17H19N3O4S2/c1-11-9-15(12(2)8-13(11)23-4)26(21,22)20(3)10-16-18-17(19-24-16)14-6-5-7-25-14/h5-9H,10H2,1-4H3. The maximum Gasteiger partial charge on any atom is 0.243 e. The first-order chi connectivity index (χ1) is 12.3. The topological polar surface area (TPSA) is 85.5 Å². The van der Waals surface area contributed by atoms with Gasteiger partial charge in [0.15, 0.2) is 0 Å². The highest BCUT2D eigenvalue weighted by molar-refractivity contribution is 7.89. The summed E-state index contributed by atoms with van der Waals surface area (Å²) in [5, 5.41) is 5.82. The molecule has 0 unspecified atom stereocenters. The summed E-state index contributed by atoms with van der Waals surface area (Å²) >= 11 is 1.49. The molecule has 0 atom stereocenters. The van der Waals surface area contributed by atoms with Crippen LogP contribution in [0.5, 0.6) is 5.75 Å². The molecule has 0 saturated heterocycles. The van der Waals surface area contributed by atoms with Crippen molar-refractivity contribution in [1.82, 2.24) is 14.4 Å². The summed E-state index contributed by atoms with van der Waals surface area (Å²) < 4.78 is 37.5. The van der Waals surface area contributed by atoms with Gasteiger partial charge in [0.05, 0.1) is 23.4 Å². The number of sulfonamides is 1. The average Bonchev–Trinajstić information content (AvgIpc) is 3.27. The molecular formula is C17H19N3O4S2. The fraction of sp³-hybridized carbons (Fsp3) is 0.294. The molecule has 0 amide bonds. The molecule has 138 valence electrons. The summed E-state index contributed by atoms with van der Waals surface area (Å²) in [6.07, 6.45) is 0. The van der Waals surface area contributed by atoms with Crippen molar-refractivity contribution in [2.24, 2.45) is 0 Å². The predicted octanol–water partition coefficient (Wildman–Crippen LogP) is 3.24. The summed E-state index contributed by atoms with van der Waals surface area (Å²) in [5.41, 5.74) is 1.37. The number of benzene rings is 1. The summed E-state index contributed by atoms with van der Waals surface area (Å²) in [6, 6.07) is 7.10. The van der Waals surface area contributed by atoms with Crippen LogP contribution < -0.4 is 4.74 Å². The zero-order valence-corrected chi connectivity index (χ0v) is 16.5. The van der Waals surface area contributed by atoms with Gasteiger partial charge >= 0.3 is 0 Å². The van der Waals surface area contributed by atoms with E-state index in [-0.39, 0.29) is 17.3 Å². The zero-order valence-electron chi connectivity index (χ0n) is 14.9. The van der Waals surface area contributed by atoms with Gasteiger partial charge in [0.1, 0.15) is 5.75 Å². The quantitative estimate of drug-likeness (QED) is 0.639. The van der Waals surface area contributed by atoms with Gasteiger partial charge in [0.2, 0.25) is 21.7 Å².